The normalized spacial score (nSPS) is 13.8. The molecule has 0 spiro atoms. The summed E-state index contributed by atoms with van der Waals surface area (Å²) in [5.74, 6) is -0.411. The topological polar surface area (TPSA) is 82.2 Å². The highest BCUT2D eigenvalue weighted by atomic mass is 35.5. The average Bonchev–Trinajstić information content (AvgIpc) is 3.39. The van der Waals surface area contributed by atoms with Crippen LogP contribution < -0.4 is 4.90 Å². The predicted octanol–water partition coefficient (Wildman–Crippen LogP) is 7.59. The second kappa shape index (κ2) is 10.6. The van der Waals surface area contributed by atoms with Gasteiger partial charge in [0.1, 0.15) is 5.82 Å². The molecular formula is C32H31ClN4O2. The number of fused-ring (bicyclic) bond motifs is 1. The Morgan fingerprint density at radius 2 is 1.87 bits per heavy atom. The van der Waals surface area contributed by atoms with Crippen molar-refractivity contribution in [1.29, 1.82) is 5.26 Å². The molecule has 0 bridgehead atoms. The summed E-state index contributed by atoms with van der Waals surface area (Å²) < 4.78 is 1.70. The van der Waals surface area contributed by atoms with E-state index in [1.54, 1.807) is 4.57 Å². The van der Waals surface area contributed by atoms with Gasteiger partial charge in [0.15, 0.2) is 10.8 Å². The largest absolute Gasteiger partial charge is 0.476 e. The van der Waals surface area contributed by atoms with Crippen molar-refractivity contribution in [3.8, 4) is 17.2 Å². The van der Waals surface area contributed by atoms with Gasteiger partial charge in [-0.05, 0) is 47.4 Å². The van der Waals surface area contributed by atoms with Crippen LogP contribution in [0, 0.1) is 11.3 Å². The molecule has 7 heteroatoms. The number of hydrogen-bond donors (Lipinski definition) is 1. The van der Waals surface area contributed by atoms with Gasteiger partial charge in [-0.2, -0.15) is 5.26 Å². The number of hydrogen-bond acceptors (Lipinski definition) is 4. The average molecular weight is 539 g/mol. The number of nitriles is 1. The van der Waals surface area contributed by atoms with Gasteiger partial charge in [-0.1, -0.05) is 81.3 Å². The number of nitrogens with zero attached hydrogens (tertiary/aromatic N) is 4. The molecule has 0 unspecified atom stereocenters. The van der Waals surface area contributed by atoms with Crippen LogP contribution in [0.3, 0.4) is 0 Å². The zero-order valence-corrected chi connectivity index (χ0v) is 23.2. The lowest BCUT2D eigenvalue weighted by Gasteiger charge is -2.23. The van der Waals surface area contributed by atoms with Gasteiger partial charge in [-0.25, -0.2) is 9.78 Å². The molecule has 0 fully saturated rings. The number of anilines is 2. The van der Waals surface area contributed by atoms with Crippen LogP contribution in [0.4, 0.5) is 11.4 Å². The SMILES string of the molecule is CCCCc1nc(Cl)c(C(=O)O)n1Cc1ccc(-c2cc(N3CC(C)(C)c4ccccc43)ccc2C#N)cc1. The van der Waals surface area contributed by atoms with Crippen LogP contribution in [-0.4, -0.2) is 27.2 Å². The quantitative estimate of drug-likeness (QED) is 0.250. The van der Waals surface area contributed by atoms with Crippen LogP contribution in [0.5, 0.6) is 0 Å². The molecule has 0 atom stereocenters. The summed E-state index contributed by atoms with van der Waals surface area (Å²) in [4.78, 5) is 18.6. The number of aromatic carboxylic acids is 1. The molecular weight excluding hydrogens is 508 g/mol. The highest BCUT2D eigenvalue weighted by molar-refractivity contribution is 6.32. The molecule has 5 rings (SSSR count). The third-order valence-corrected chi connectivity index (χ3v) is 7.74. The Morgan fingerprint density at radius 3 is 2.56 bits per heavy atom. The molecule has 0 radical (unpaired) electrons. The van der Waals surface area contributed by atoms with Crippen LogP contribution in [0.1, 0.15) is 66.6 Å². The summed E-state index contributed by atoms with van der Waals surface area (Å²) in [6.07, 6.45) is 2.54. The highest BCUT2D eigenvalue weighted by Crippen LogP contribution is 2.45. The third-order valence-electron chi connectivity index (χ3n) is 7.48. The smallest absolute Gasteiger partial charge is 0.355 e. The number of para-hydroxylation sites is 1. The summed E-state index contributed by atoms with van der Waals surface area (Å²) in [7, 11) is 0. The number of carboxylic acid groups (broad SMARTS) is 1. The molecule has 39 heavy (non-hydrogen) atoms. The second-order valence-electron chi connectivity index (χ2n) is 10.7. The van der Waals surface area contributed by atoms with Gasteiger partial charge in [0, 0.05) is 41.9 Å². The minimum absolute atomic E-state index is 0.0140. The van der Waals surface area contributed by atoms with E-state index in [1.807, 2.05) is 36.4 Å². The van der Waals surface area contributed by atoms with Gasteiger partial charge in [0.2, 0.25) is 0 Å². The number of unbranched alkanes of at least 4 members (excludes halogenated alkanes) is 1. The maximum Gasteiger partial charge on any atom is 0.355 e. The first-order valence-electron chi connectivity index (χ1n) is 13.2. The van der Waals surface area contributed by atoms with Crippen molar-refractivity contribution in [2.24, 2.45) is 0 Å². The molecule has 0 amide bonds. The molecule has 0 saturated carbocycles. The van der Waals surface area contributed by atoms with Gasteiger partial charge in [-0.15, -0.1) is 0 Å². The third kappa shape index (κ3) is 5.03. The zero-order chi connectivity index (χ0) is 27.7. The Bertz CT molecular complexity index is 1580. The van der Waals surface area contributed by atoms with Gasteiger partial charge >= 0.3 is 5.97 Å². The standard InChI is InChI=1S/C32H31ClN4O2/c1-4-5-10-28-35-30(33)29(31(38)39)36(28)19-21-11-13-22(14-12-21)25-17-24(16-15-23(25)18-34)37-20-32(2,3)26-8-6-7-9-27(26)37/h6-9,11-17H,4-5,10,19-20H2,1-3H3,(H,38,39). The van der Waals surface area contributed by atoms with E-state index in [0.717, 1.165) is 41.8 Å². The fourth-order valence-electron chi connectivity index (χ4n) is 5.45. The summed E-state index contributed by atoms with van der Waals surface area (Å²) in [6, 6.07) is 24.7. The van der Waals surface area contributed by atoms with Crippen LogP contribution in [0.2, 0.25) is 5.15 Å². The molecule has 6 nitrogen and oxygen atoms in total. The Morgan fingerprint density at radius 1 is 1.13 bits per heavy atom. The zero-order valence-electron chi connectivity index (χ0n) is 22.4. The Labute approximate surface area is 234 Å². The van der Waals surface area contributed by atoms with Crippen LogP contribution >= 0.6 is 11.6 Å². The van der Waals surface area contributed by atoms with E-state index >= 15 is 0 Å². The number of aryl methyl sites for hydroxylation is 1. The predicted molar refractivity (Wildman–Crippen MR) is 155 cm³/mol. The van der Waals surface area contributed by atoms with E-state index < -0.39 is 5.97 Å². The van der Waals surface area contributed by atoms with E-state index in [2.05, 4.69) is 67.1 Å². The number of rotatable bonds is 8. The van der Waals surface area contributed by atoms with E-state index in [9.17, 15) is 15.2 Å². The maximum atomic E-state index is 11.9. The number of halogens is 1. The lowest BCUT2D eigenvalue weighted by atomic mass is 9.87. The number of carboxylic acids is 1. The lowest BCUT2D eigenvalue weighted by Crippen LogP contribution is -2.25. The van der Waals surface area contributed by atoms with E-state index in [1.165, 1.54) is 11.3 Å². The number of carbonyl (C=O) groups is 1. The minimum atomic E-state index is -1.09. The molecule has 198 valence electrons. The van der Waals surface area contributed by atoms with Crippen molar-refractivity contribution < 1.29 is 9.90 Å². The Kier molecular flexibility index (Phi) is 7.20. The summed E-state index contributed by atoms with van der Waals surface area (Å²) >= 11 is 6.20. The number of aromatic nitrogens is 2. The summed E-state index contributed by atoms with van der Waals surface area (Å²) in [5.41, 5.74) is 6.92. The van der Waals surface area contributed by atoms with Gasteiger partial charge in [-0.3, -0.25) is 0 Å². The first kappa shape index (κ1) is 26.5. The van der Waals surface area contributed by atoms with E-state index in [4.69, 9.17) is 11.6 Å². The molecule has 2 heterocycles. The van der Waals surface area contributed by atoms with Crippen molar-refractivity contribution in [2.75, 3.05) is 11.4 Å². The van der Waals surface area contributed by atoms with Crippen molar-refractivity contribution in [2.45, 2.75) is 52.0 Å². The molecule has 0 aliphatic carbocycles. The summed E-state index contributed by atoms with van der Waals surface area (Å²) in [5, 5.41) is 19.6. The number of benzene rings is 3. The van der Waals surface area contributed by atoms with Crippen molar-refractivity contribution >= 4 is 28.9 Å². The van der Waals surface area contributed by atoms with Crippen molar-refractivity contribution in [3.63, 3.8) is 0 Å². The van der Waals surface area contributed by atoms with Gasteiger partial charge in [0.05, 0.1) is 11.6 Å². The molecule has 4 aromatic rings. The van der Waals surface area contributed by atoms with Crippen molar-refractivity contribution in [1.82, 2.24) is 9.55 Å². The Balaban J connectivity index is 1.47. The maximum absolute atomic E-state index is 11.9. The van der Waals surface area contributed by atoms with Crippen LogP contribution in [0.15, 0.2) is 66.7 Å². The molecule has 1 aromatic heterocycles. The molecule has 1 aliphatic heterocycles. The first-order chi connectivity index (χ1) is 18.7. The van der Waals surface area contributed by atoms with Crippen LogP contribution in [0.25, 0.3) is 11.1 Å². The monoisotopic (exact) mass is 538 g/mol. The number of imidazole rings is 1. The molecule has 1 aliphatic rings. The molecule has 0 saturated heterocycles. The first-order valence-corrected chi connectivity index (χ1v) is 13.6. The van der Waals surface area contributed by atoms with E-state index in [-0.39, 0.29) is 16.3 Å². The molecule has 1 N–H and O–H groups in total. The second-order valence-corrected chi connectivity index (χ2v) is 11.0. The van der Waals surface area contributed by atoms with Gasteiger partial charge in [0.25, 0.3) is 0 Å². The Hall–Kier alpha value is -4.08. The van der Waals surface area contributed by atoms with E-state index in [0.29, 0.717) is 24.4 Å². The van der Waals surface area contributed by atoms with Gasteiger partial charge < -0.3 is 14.6 Å². The lowest BCUT2D eigenvalue weighted by molar-refractivity contribution is 0.0685. The minimum Gasteiger partial charge on any atom is -0.476 e. The fourth-order valence-corrected chi connectivity index (χ4v) is 5.73. The fraction of sp³-hybridized carbons (Fsp3) is 0.281. The summed E-state index contributed by atoms with van der Waals surface area (Å²) in [6.45, 7) is 7.80. The molecule has 3 aromatic carbocycles. The van der Waals surface area contributed by atoms with Crippen molar-refractivity contribution in [3.05, 3.63) is 100 Å². The highest BCUT2D eigenvalue weighted by Gasteiger charge is 2.35. The van der Waals surface area contributed by atoms with Crippen LogP contribution in [-0.2, 0) is 18.4 Å².